The molecule has 0 aliphatic heterocycles. The summed E-state index contributed by atoms with van der Waals surface area (Å²) in [6.07, 6.45) is 0. The van der Waals surface area contributed by atoms with Crippen molar-refractivity contribution in [1.82, 2.24) is 0 Å². The van der Waals surface area contributed by atoms with Crippen molar-refractivity contribution in [3.05, 3.63) is 24.8 Å². The summed E-state index contributed by atoms with van der Waals surface area (Å²) in [6.45, 7) is 0. The van der Waals surface area contributed by atoms with Crippen LogP contribution in [0.5, 0.6) is 0 Å². The van der Waals surface area contributed by atoms with Crippen molar-refractivity contribution >= 4 is 120 Å². The van der Waals surface area contributed by atoms with Crippen molar-refractivity contribution in [3.8, 4) is 0 Å². The maximum atomic E-state index is 14.6. The zero-order valence-electron chi connectivity index (χ0n) is 51.8. The second-order valence-electron chi connectivity index (χ2n) is 18.0. The molecule has 0 spiro atoms. The summed E-state index contributed by atoms with van der Waals surface area (Å²) in [4.78, 5) is 0. The molecule has 0 bridgehead atoms. The van der Waals surface area contributed by atoms with Crippen molar-refractivity contribution in [1.29, 1.82) is 0 Å². The normalized spacial score (nSPS) is 16.3. The third-order valence-electron chi connectivity index (χ3n) is 10.6. The molecule has 0 heterocycles. The molecule has 0 aromatic rings. The van der Waals surface area contributed by atoms with Crippen molar-refractivity contribution in [2.24, 2.45) is 0 Å². The Kier molecular flexibility index (Phi) is 37.3. The van der Waals surface area contributed by atoms with Gasteiger partial charge in [0.05, 0.1) is 0 Å². The Labute approximate surface area is 678 Å². The summed E-state index contributed by atoms with van der Waals surface area (Å²) < 4.78 is 921. The van der Waals surface area contributed by atoms with Crippen LogP contribution in [0.15, 0.2) is 0 Å². The quantitative estimate of drug-likeness (QED) is 0.0412. The van der Waals surface area contributed by atoms with Crippen molar-refractivity contribution in [3.63, 3.8) is 0 Å². The Bertz CT molecular complexity index is 4820. The van der Waals surface area contributed by atoms with Gasteiger partial charge in [-0.2, -0.15) is 202 Å². The molecule has 0 N–H and O–H groups in total. The Morgan fingerprint density at radius 2 is 0.164 bits per heavy atom. The molecule has 116 heavy (non-hydrogen) atoms. The minimum Gasteiger partial charge on any atom is -0.425 e. The standard InChI is InChI=1S/C22F46N6O24S12.6Li/c23-1(24,11(43,44)99(75,76)69-101(79,80)13(47,48)3(27,28)5(31,32)15(51,52)103(83,84)71-105(87,88)17(55,56)7(35,36)9(39,40)19(59,60)107(91,92)73-109(95,96)21(63,64)65)2(25,26)12(45,46)100(77,78)70-102(81,82)14(49,50)4(29,30)6(33,34)16(53,54)104(85,86)72-106(89,90)18(57,58)8(37,38)10(41,42)20(61,62)108(93,94)74-110(97,98)22(66,67)68;;;;;;/q-6;6*+1. The first-order valence-corrected chi connectivity index (χ1v) is 38.4. The van der Waals surface area contributed by atoms with E-state index in [1.54, 1.807) is 0 Å². The monoisotopic (exact) mass is 2030 g/mol. The Morgan fingerprint density at radius 3 is 0.216 bits per heavy atom. The average molecular weight is 2030 g/mol. The minimum absolute atomic E-state index is 0. The van der Waals surface area contributed by atoms with Crippen LogP contribution < -0.4 is 113 Å². The van der Waals surface area contributed by atoms with Crippen LogP contribution in [-0.4, -0.2) is 224 Å². The summed E-state index contributed by atoms with van der Waals surface area (Å²) >= 11 is 0. The molecule has 0 saturated carbocycles. The van der Waals surface area contributed by atoms with Gasteiger partial charge in [-0.3, -0.25) is 0 Å². The average Bonchev–Trinajstić information content (AvgIpc) is 0.702. The smallest absolute Gasteiger partial charge is 0.425 e. The van der Waals surface area contributed by atoms with Crippen molar-refractivity contribution in [2.45, 2.75) is 123 Å². The maximum absolute atomic E-state index is 14.6. The second-order valence-corrected chi connectivity index (χ2v) is 39.0. The molecule has 0 saturated heterocycles. The van der Waals surface area contributed by atoms with E-state index in [0.717, 1.165) is 0 Å². The van der Waals surface area contributed by atoms with Crippen LogP contribution >= 0.6 is 0 Å². The third-order valence-corrected chi connectivity index (χ3v) is 30.3. The molecule has 30 nitrogen and oxygen atoms in total. The first-order chi connectivity index (χ1) is 46.0. The van der Waals surface area contributed by atoms with Crippen LogP contribution in [0.1, 0.15) is 0 Å². The van der Waals surface area contributed by atoms with Crippen LogP contribution in [0.4, 0.5) is 202 Å². The molecule has 0 aromatic carbocycles. The van der Waals surface area contributed by atoms with Crippen LogP contribution in [-0.2, 0) is 120 Å². The molecule has 662 valence electrons. The number of halogens is 46. The Hall–Kier alpha value is -0.476. The molecule has 0 rings (SSSR count). The van der Waals surface area contributed by atoms with Gasteiger partial charge < -0.3 is 24.8 Å². The van der Waals surface area contributed by atoms with Crippen molar-refractivity contribution < 1.29 is 416 Å². The fourth-order valence-corrected chi connectivity index (χ4v) is 19.9. The van der Waals surface area contributed by atoms with E-state index in [-0.39, 0.29) is 121 Å². The predicted octanol–water partition coefficient (Wildman–Crippen LogP) is -9.47. The number of alkyl halides is 46. The Morgan fingerprint density at radius 1 is 0.112 bits per heavy atom. The van der Waals surface area contributed by atoms with E-state index in [0.29, 0.717) is 0 Å². The summed E-state index contributed by atoms with van der Waals surface area (Å²) in [5.74, 6) is -98.8. The van der Waals surface area contributed by atoms with Gasteiger partial charge in [0.25, 0.3) is 0 Å². The Balaban J connectivity index is -0.00000396. The topological polar surface area (TPSA) is 494 Å². The first-order valence-electron chi connectivity index (χ1n) is 21.1. The molecular formula is C22F46Li6N6O24S12. The number of hydrogen-bond acceptors (Lipinski definition) is 24. The van der Waals surface area contributed by atoms with Crippen LogP contribution in [0.25, 0.3) is 24.8 Å². The van der Waals surface area contributed by atoms with Gasteiger partial charge >= 0.3 is 236 Å². The molecule has 0 aromatic heterocycles. The van der Waals surface area contributed by atoms with Gasteiger partial charge in [0.1, 0.15) is 0 Å². The number of sulfonamides is 12. The summed E-state index contributed by atoms with van der Waals surface area (Å²) in [6, 6.07) is 0. The van der Waals surface area contributed by atoms with E-state index in [4.69, 9.17) is 0 Å². The number of rotatable bonds is 37. The van der Waals surface area contributed by atoms with Crippen LogP contribution in [0.3, 0.4) is 0 Å². The van der Waals surface area contributed by atoms with Gasteiger partial charge in [0.2, 0.25) is 0 Å². The molecule has 0 amide bonds. The van der Waals surface area contributed by atoms with Crippen LogP contribution in [0.2, 0.25) is 0 Å². The van der Waals surface area contributed by atoms with Gasteiger partial charge in [-0.1, -0.05) is 0 Å². The third kappa shape index (κ3) is 18.5. The molecule has 0 radical (unpaired) electrons. The molecule has 0 aliphatic carbocycles. The fraction of sp³-hybridized carbons (Fsp3) is 1.00. The van der Waals surface area contributed by atoms with E-state index in [9.17, 15) is 303 Å². The van der Waals surface area contributed by atoms with E-state index in [1.807, 2.05) is 0 Å². The zero-order valence-corrected chi connectivity index (χ0v) is 61.6. The zero-order chi connectivity index (χ0) is 91.2. The van der Waals surface area contributed by atoms with E-state index in [1.165, 1.54) is 0 Å². The SMILES string of the molecule is O=S(=O)([N-]S(=O)(=O)C(F)(F)C(F)(F)C(F)(F)C(F)(F)S(=O)(=O)[N-]S(=O)(=O)C(F)(F)C(F)(F)C(F)(F)C(F)(F)S(=O)(=O)[N-]S(=O)(=O)C(F)(F)C(F)(F)C(F)(F)C(F)(F)S(=O)(=O)[N-]S(=O)(=O)C(F)(F)C(F)(F)C(F)(F)C(F)(F)S(=O)(=O)[N-]S(=O)(=O)C(F)(F)C(F)(F)C(F)(F)C(F)(F)S(=O)(=O)[N-]S(=O)(=O)C(F)(F)F)C(F)(F)F.[Li+].[Li+].[Li+].[Li+].[Li+].[Li+]. The largest absolute Gasteiger partial charge is 1.00 e. The van der Waals surface area contributed by atoms with Gasteiger partial charge in [0, 0.05) is 0 Å². The molecule has 0 aliphatic rings. The van der Waals surface area contributed by atoms with E-state index in [2.05, 4.69) is 0 Å². The summed E-state index contributed by atoms with van der Waals surface area (Å²) in [5.41, 5.74) is -15.1. The first kappa shape index (κ1) is 129. The molecule has 94 heteroatoms. The number of hydrogen-bond donors (Lipinski definition) is 0. The molecule has 0 unspecified atom stereocenters. The van der Waals surface area contributed by atoms with Gasteiger partial charge in [-0.25, -0.2) is 101 Å². The van der Waals surface area contributed by atoms with E-state index >= 15 is 0 Å². The number of nitrogens with zero attached hydrogens (tertiary/aromatic N) is 6. The fourth-order valence-electron chi connectivity index (χ4n) is 4.78. The van der Waals surface area contributed by atoms with Gasteiger partial charge in [-0.05, 0) is 0 Å². The van der Waals surface area contributed by atoms with Gasteiger partial charge in [0.15, 0.2) is 120 Å². The molecule has 0 atom stereocenters. The van der Waals surface area contributed by atoms with E-state index < -0.39 is 260 Å². The van der Waals surface area contributed by atoms with Gasteiger partial charge in [-0.15, -0.1) is 0 Å². The predicted molar refractivity (Wildman–Crippen MR) is 238 cm³/mol. The summed E-state index contributed by atoms with van der Waals surface area (Å²) in [7, 11) is -119. The molecule has 0 fully saturated rings. The minimum atomic E-state index is -10.5. The van der Waals surface area contributed by atoms with Crippen LogP contribution in [0, 0.1) is 0 Å². The second kappa shape index (κ2) is 33.6. The maximum Gasteiger partial charge on any atom is 1.00 e. The summed E-state index contributed by atoms with van der Waals surface area (Å²) in [5, 5.41) is -95.8. The van der Waals surface area contributed by atoms with Crippen molar-refractivity contribution in [2.75, 3.05) is 0 Å². The molecular weight excluding hydrogens is 2030 g/mol.